The van der Waals surface area contributed by atoms with Crippen molar-refractivity contribution in [2.45, 2.75) is 19.4 Å². The minimum Gasteiger partial charge on any atom is -0.393 e. The van der Waals surface area contributed by atoms with E-state index in [2.05, 4.69) is 10.3 Å². The van der Waals surface area contributed by atoms with Crippen molar-refractivity contribution in [3.8, 4) is 5.69 Å². The van der Waals surface area contributed by atoms with Gasteiger partial charge in [0.05, 0.1) is 12.4 Å². The van der Waals surface area contributed by atoms with E-state index in [-0.39, 0.29) is 5.91 Å². The summed E-state index contributed by atoms with van der Waals surface area (Å²) in [5.74, 6) is -0.158. The van der Waals surface area contributed by atoms with Gasteiger partial charge in [-0.15, -0.1) is 0 Å². The van der Waals surface area contributed by atoms with E-state index in [1.807, 2.05) is 35.0 Å². The Balaban J connectivity index is 1.88. The number of aliphatic hydroxyl groups is 1. The maximum absolute atomic E-state index is 11.6. The number of aliphatic hydroxyl groups excluding tert-OH is 1. The first kappa shape index (κ1) is 15.0. The van der Waals surface area contributed by atoms with Gasteiger partial charge in [-0.3, -0.25) is 4.79 Å². The maximum Gasteiger partial charge on any atom is 0.244 e. The van der Waals surface area contributed by atoms with Crippen LogP contribution in [0.5, 0.6) is 0 Å². The number of hydrogen-bond donors (Lipinski definition) is 2. The Hall–Kier alpha value is -2.40. The first-order valence-corrected chi connectivity index (χ1v) is 6.87. The summed E-state index contributed by atoms with van der Waals surface area (Å²) in [5, 5.41) is 11.8. The molecule has 21 heavy (non-hydrogen) atoms. The van der Waals surface area contributed by atoms with Crippen molar-refractivity contribution in [1.82, 2.24) is 14.9 Å². The van der Waals surface area contributed by atoms with Crippen LogP contribution in [-0.2, 0) is 4.79 Å². The number of hydrogen-bond acceptors (Lipinski definition) is 3. The van der Waals surface area contributed by atoms with Crippen LogP contribution in [0, 0.1) is 0 Å². The van der Waals surface area contributed by atoms with Gasteiger partial charge in [0.25, 0.3) is 0 Å². The van der Waals surface area contributed by atoms with Gasteiger partial charge in [0.1, 0.15) is 0 Å². The van der Waals surface area contributed by atoms with Crippen molar-refractivity contribution in [3.63, 3.8) is 0 Å². The Morgan fingerprint density at radius 1 is 1.43 bits per heavy atom. The fraction of sp³-hybridized carbons (Fsp3) is 0.250. The Kier molecular flexibility index (Phi) is 5.29. The van der Waals surface area contributed by atoms with Crippen LogP contribution < -0.4 is 5.32 Å². The van der Waals surface area contributed by atoms with Crippen molar-refractivity contribution in [2.75, 3.05) is 6.54 Å². The smallest absolute Gasteiger partial charge is 0.244 e. The number of carbonyl (C=O) groups excluding carboxylic acids is 1. The molecule has 0 aliphatic rings. The summed E-state index contributed by atoms with van der Waals surface area (Å²) in [6.45, 7) is 2.17. The van der Waals surface area contributed by atoms with Crippen LogP contribution in [0.2, 0.25) is 0 Å². The van der Waals surface area contributed by atoms with Crippen LogP contribution >= 0.6 is 0 Å². The zero-order valence-corrected chi connectivity index (χ0v) is 11.9. The average Bonchev–Trinajstić information content (AvgIpc) is 2.99. The molecule has 0 aliphatic heterocycles. The van der Waals surface area contributed by atoms with E-state index in [0.29, 0.717) is 13.0 Å². The van der Waals surface area contributed by atoms with Gasteiger partial charge in [-0.05, 0) is 37.1 Å². The van der Waals surface area contributed by atoms with Crippen LogP contribution in [0.25, 0.3) is 11.8 Å². The van der Waals surface area contributed by atoms with Crippen molar-refractivity contribution >= 4 is 12.0 Å². The molecule has 0 radical (unpaired) electrons. The Labute approximate surface area is 123 Å². The highest BCUT2D eigenvalue weighted by Gasteiger charge is 1.98. The third kappa shape index (κ3) is 4.89. The Morgan fingerprint density at radius 2 is 2.19 bits per heavy atom. The molecular formula is C16H19N3O2. The first-order chi connectivity index (χ1) is 10.1. The molecule has 0 fully saturated rings. The number of rotatable bonds is 6. The van der Waals surface area contributed by atoms with E-state index in [4.69, 9.17) is 5.11 Å². The molecule has 0 aliphatic carbocycles. The van der Waals surface area contributed by atoms with Gasteiger partial charge in [-0.25, -0.2) is 4.98 Å². The molecule has 1 unspecified atom stereocenters. The second kappa shape index (κ2) is 7.40. The molecule has 0 spiro atoms. The Morgan fingerprint density at radius 3 is 2.81 bits per heavy atom. The number of amides is 1. The lowest BCUT2D eigenvalue weighted by Gasteiger charge is -2.04. The zero-order chi connectivity index (χ0) is 15.1. The van der Waals surface area contributed by atoms with Gasteiger partial charge in [-0.2, -0.15) is 0 Å². The summed E-state index contributed by atoms with van der Waals surface area (Å²) in [4.78, 5) is 15.6. The molecule has 1 aromatic carbocycles. The number of aromatic nitrogens is 2. The second-order valence-electron chi connectivity index (χ2n) is 4.82. The molecule has 1 aromatic heterocycles. The van der Waals surface area contributed by atoms with Crippen LogP contribution in [-0.4, -0.2) is 33.2 Å². The molecule has 0 saturated carbocycles. The number of nitrogens with zero attached hydrogens (tertiary/aromatic N) is 2. The highest BCUT2D eigenvalue weighted by atomic mass is 16.3. The van der Waals surface area contributed by atoms with Gasteiger partial charge in [0, 0.05) is 30.7 Å². The van der Waals surface area contributed by atoms with E-state index in [1.165, 1.54) is 6.08 Å². The lowest BCUT2D eigenvalue weighted by molar-refractivity contribution is -0.116. The van der Waals surface area contributed by atoms with E-state index in [0.717, 1.165) is 11.3 Å². The molecule has 0 bridgehead atoms. The maximum atomic E-state index is 11.6. The number of nitrogens with one attached hydrogen (secondary N) is 1. The lowest BCUT2D eigenvalue weighted by Crippen LogP contribution is -2.24. The van der Waals surface area contributed by atoms with Gasteiger partial charge in [-0.1, -0.05) is 12.1 Å². The van der Waals surface area contributed by atoms with Gasteiger partial charge >= 0.3 is 0 Å². The van der Waals surface area contributed by atoms with Crippen LogP contribution in [0.1, 0.15) is 18.9 Å². The third-order valence-corrected chi connectivity index (χ3v) is 2.98. The van der Waals surface area contributed by atoms with E-state index >= 15 is 0 Å². The summed E-state index contributed by atoms with van der Waals surface area (Å²) in [7, 11) is 0. The molecule has 2 rings (SSSR count). The highest BCUT2D eigenvalue weighted by Crippen LogP contribution is 2.10. The molecular weight excluding hydrogens is 266 g/mol. The standard InChI is InChI=1S/C16H19N3O2/c1-13(20)8-9-18-16(21)7-4-14-2-5-15(6-3-14)19-11-10-17-12-19/h2-7,10-13,20H,8-9H2,1H3,(H,18,21)/b7-4+. The predicted molar refractivity (Wildman–Crippen MR) is 81.9 cm³/mol. The van der Waals surface area contributed by atoms with Crippen LogP contribution in [0.15, 0.2) is 49.1 Å². The van der Waals surface area contributed by atoms with Gasteiger partial charge < -0.3 is 15.0 Å². The second-order valence-corrected chi connectivity index (χ2v) is 4.82. The zero-order valence-electron chi connectivity index (χ0n) is 11.9. The minimum absolute atomic E-state index is 0.158. The number of carbonyl (C=O) groups is 1. The summed E-state index contributed by atoms with van der Waals surface area (Å²) in [6, 6.07) is 7.81. The Bertz CT molecular complexity index is 586. The molecule has 1 atom stereocenters. The normalized spacial score (nSPS) is 12.5. The molecule has 2 N–H and O–H groups in total. The number of benzene rings is 1. The average molecular weight is 285 g/mol. The van der Waals surface area contributed by atoms with Gasteiger partial charge in [0.2, 0.25) is 5.91 Å². The van der Waals surface area contributed by atoms with Crippen LogP contribution in [0.4, 0.5) is 0 Å². The summed E-state index contributed by atoms with van der Waals surface area (Å²) < 4.78 is 1.91. The van der Waals surface area contributed by atoms with Crippen molar-refractivity contribution < 1.29 is 9.90 Å². The predicted octanol–water partition coefficient (Wildman–Crippen LogP) is 1.77. The van der Waals surface area contributed by atoms with Crippen molar-refractivity contribution in [1.29, 1.82) is 0 Å². The van der Waals surface area contributed by atoms with E-state index in [9.17, 15) is 4.79 Å². The topological polar surface area (TPSA) is 67.2 Å². The van der Waals surface area contributed by atoms with E-state index < -0.39 is 6.10 Å². The summed E-state index contributed by atoms with van der Waals surface area (Å²) >= 11 is 0. The fourth-order valence-corrected chi connectivity index (χ4v) is 1.80. The largest absolute Gasteiger partial charge is 0.393 e. The monoisotopic (exact) mass is 285 g/mol. The highest BCUT2D eigenvalue weighted by molar-refractivity contribution is 5.91. The molecule has 1 amide bonds. The fourth-order valence-electron chi connectivity index (χ4n) is 1.80. The quantitative estimate of drug-likeness (QED) is 0.795. The third-order valence-electron chi connectivity index (χ3n) is 2.98. The summed E-state index contributed by atoms with van der Waals surface area (Å²) in [6.07, 6.45) is 8.75. The molecule has 0 saturated heterocycles. The summed E-state index contributed by atoms with van der Waals surface area (Å²) in [5.41, 5.74) is 1.97. The minimum atomic E-state index is -0.398. The molecule has 110 valence electrons. The van der Waals surface area contributed by atoms with Gasteiger partial charge in [0.15, 0.2) is 0 Å². The van der Waals surface area contributed by atoms with Crippen LogP contribution in [0.3, 0.4) is 0 Å². The molecule has 5 nitrogen and oxygen atoms in total. The van der Waals surface area contributed by atoms with Crippen molar-refractivity contribution in [2.24, 2.45) is 0 Å². The SMILES string of the molecule is CC(O)CCNC(=O)/C=C/c1ccc(-n2ccnc2)cc1. The first-order valence-electron chi connectivity index (χ1n) is 6.87. The molecule has 1 heterocycles. The molecule has 5 heteroatoms. The van der Waals surface area contributed by atoms with E-state index in [1.54, 1.807) is 25.5 Å². The molecule has 2 aromatic rings. The number of imidazole rings is 1. The lowest BCUT2D eigenvalue weighted by atomic mass is 10.2. The van der Waals surface area contributed by atoms with Crippen molar-refractivity contribution in [3.05, 3.63) is 54.6 Å².